The van der Waals surface area contributed by atoms with Gasteiger partial charge in [0.2, 0.25) is 0 Å². The molecule has 1 unspecified atom stereocenters. The third-order valence-electron chi connectivity index (χ3n) is 5.88. The van der Waals surface area contributed by atoms with Gasteiger partial charge in [-0.05, 0) is 49.1 Å². The lowest BCUT2D eigenvalue weighted by Gasteiger charge is -2.35. The van der Waals surface area contributed by atoms with Crippen LogP contribution in [-0.2, 0) is 4.74 Å². The normalized spacial score (nSPS) is 18.8. The number of amides is 1. The summed E-state index contributed by atoms with van der Waals surface area (Å²) in [5.41, 5.74) is 1.60. The highest BCUT2D eigenvalue weighted by molar-refractivity contribution is 5.98. The van der Waals surface area contributed by atoms with E-state index >= 15 is 0 Å². The maximum Gasteiger partial charge on any atom is 0.255 e. The first-order valence-electron chi connectivity index (χ1n) is 10.8. The van der Waals surface area contributed by atoms with E-state index in [0.717, 1.165) is 50.4 Å². The van der Waals surface area contributed by atoms with Gasteiger partial charge in [-0.3, -0.25) is 9.69 Å². The average Bonchev–Trinajstić information content (AvgIpc) is 2.81. The van der Waals surface area contributed by atoms with Crippen molar-refractivity contribution in [2.75, 3.05) is 50.8 Å². The molecule has 160 valence electrons. The van der Waals surface area contributed by atoms with Gasteiger partial charge in [0.25, 0.3) is 5.91 Å². The van der Waals surface area contributed by atoms with Gasteiger partial charge in [-0.15, -0.1) is 0 Å². The summed E-state index contributed by atoms with van der Waals surface area (Å²) in [5, 5.41) is 3.11. The predicted molar refractivity (Wildman–Crippen MR) is 114 cm³/mol. The van der Waals surface area contributed by atoms with Crippen molar-refractivity contribution < 1.29 is 13.9 Å². The summed E-state index contributed by atoms with van der Waals surface area (Å²) in [6.45, 7) is 5.19. The number of aromatic nitrogens is 1. The van der Waals surface area contributed by atoms with E-state index in [9.17, 15) is 9.18 Å². The van der Waals surface area contributed by atoms with E-state index in [0.29, 0.717) is 25.3 Å². The second-order valence-corrected chi connectivity index (χ2v) is 7.85. The Bertz CT molecular complexity index is 833. The maximum atomic E-state index is 13.4. The Kier molecular flexibility index (Phi) is 6.92. The standard InChI is InChI=1S/C23H29FN4O2/c24-19-8-6-18(7-9-19)21(27-13-15-30-16-14-27)17-26-23(29)20-5-4-10-25-22(20)28-11-2-1-3-12-28/h4-10,21H,1-3,11-17H2,(H,26,29). The van der Waals surface area contributed by atoms with Gasteiger partial charge in [-0.2, -0.15) is 0 Å². The number of morpholine rings is 1. The molecule has 4 rings (SSSR count). The largest absolute Gasteiger partial charge is 0.379 e. The first kappa shape index (κ1) is 20.8. The van der Waals surface area contributed by atoms with Crippen molar-refractivity contribution in [2.45, 2.75) is 25.3 Å². The Balaban J connectivity index is 1.49. The van der Waals surface area contributed by atoms with Crippen molar-refractivity contribution >= 4 is 11.7 Å². The molecule has 0 radical (unpaired) electrons. The summed E-state index contributed by atoms with van der Waals surface area (Å²) >= 11 is 0. The van der Waals surface area contributed by atoms with Crippen LogP contribution in [0.2, 0.25) is 0 Å². The van der Waals surface area contributed by atoms with Gasteiger partial charge in [0.1, 0.15) is 11.6 Å². The number of piperidine rings is 1. The zero-order valence-corrected chi connectivity index (χ0v) is 17.2. The topological polar surface area (TPSA) is 57.7 Å². The number of rotatable bonds is 6. The lowest BCUT2D eigenvalue weighted by molar-refractivity contribution is 0.0162. The van der Waals surface area contributed by atoms with Gasteiger partial charge in [-0.25, -0.2) is 9.37 Å². The molecule has 30 heavy (non-hydrogen) atoms. The van der Waals surface area contributed by atoms with E-state index in [4.69, 9.17) is 4.74 Å². The van der Waals surface area contributed by atoms with Gasteiger partial charge in [-0.1, -0.05) is 12.1 Å². The zero-order chi connectivity index (χ0) is 20.8. The van der Waals surface area contributed by atoms with Crippen molar-refractivity contribution in [1.82, 2.24) is 15.2 Å². The van der Waals surface area contributed by atoms with Crippen LogP contribution in [0.25, 0.3) is 0 Å². The highest BCUT2D eigenvalue weighted by atomic mass is 19.1. The molecule has 2 aliphatic heterocycles. The molecule has 1 aromatic heterocycles. The van der Waals surface area contributed by atoms with E-state index in [2.05, 4.69) is 20.1 Å². The van der Waals surface area contributed by atoms with Crippen molar-refractivity contribution in [2.24, 2.45) is 0 Å². The maximum absolute atomic E-state index is 13.4. The molecule has 0 spiro atoms. The Morgan fingerprint density at radius 1 is 1.07 bits per heavy atom. The van der Waals surface area contributed by atoms with Crippen LogP contribution in [0.3, 0.4) is 0 Å². The van der Waals surface area contributed by atoms with E-state index in [1.54, 1.807) is 18.3 Å². The van der Waals surface area contributed by atoms with Crippen molar-refractivity contribution in [3.05, 3.63) is 59.5 Å². The van der Waals surface area contributed by atoms with E-state index in [1.165, 1.54) is 18.6 Å². The molecule has 1 amide bonds. The number of hydrogen-bond donors (Lipinski definition) is 1. The van der Waals surface area contributed by atoms with Crippen LogP contribution in [0.1, 0.15) is 41.2 Å². The Hall–Kier alpha value is -2.51. The van der Waals surface area contributed by atoms with Gasteiger partial charge in [0.15, 0.2) is 0 Å². The lowest BCUT2D eigenvalue weighted by Crippen LogP contribution is -2.44. The SMILES string of the molecule is O=C(NCC(c1ccc(F)cc1)N1CCOCC1)c1cccnc1N1CCCCC1. The van der Waals surface area contributed by atoms with E-state index in [1.807, 2.05) is 12.1 Å². The summed E-state index contributed by atoms with van der Waals surface area (Å²) in [7, 11) is 0. The summed E-state index contributed by atoms with van der Waals surface area (Å²) in [5.74, 6) is 0.383. The summed E-state index contributed by atoms with van der Waals surface area (Å²) in [6, 6.07) is 10.2. The molecular formula is C23H29FN4O2. The lowest BCUT2D eigenvalue weighted by atomic mass is 10.0. The van der Waals surface area contributed by atoms with Gasteiger partial charge in [0.05, 0.1) is 24.8 Å². The quantitative estimate of drug-likeness (QED) is 0.791. The molecular weight excluding hydrogens is 383 g/mol. The molecule has 6 nitrogen and oxygen atoms in total. The minimum atomic E-state index is -0.259. The molecule has 2 saturated heterocycles. The minimum Gasteiger partial charge on any atom is -0.379 e. The molecule has 1 aromatic carbocycles. The highest BCUT2D eigenvalue weighted by Gasteiger charge is 2.25. The average molecular weight is 413 g/mol. The number of ether oxygens (including phenoxy) is 1. The van der Waals surface area contributed by atoms with Crippen molar-refractivity contribution in [1.29, 1.82) is 0 Å². The fourth-order valence-electron chi connectivity index (χ4n) is 4.25. The van der Waals surface area contributed by atoms with Gasteiger partial charge >= 0.3 is 0 Å². The Labute approximate surface area is 177 Å². The van der Waals surface area contributed by atoms with Gasteiger partial charge < -0.3 is 15.0 Å². The molecule has 0 bridgehead atoms. The summed E-state index contributed by atoms with van der Waals surface area (Å²) in [4.78, 5) is 22.1. The molecule has 0 saturated carbocycles. The number of carbonyl (C=O) groups excluding carboxylic acids is 1. The smallest absolute Gasteiger partial charge is 0.255 e. The van der Waals surface area contributed by atoms with Crippen LogP contribution in [0.15, 0.2) is 42.6 Å². The van der Waals surface area contributed by atoms with Crippen LogP contribution >= 0.6 is 0 Å². The number of benzene rings is 1. The monoisotopic (exact) mass is 412 g/mol. The molecule has 3 heterocycles. The number of nitrogens with zero attached hydrogens (tertiary/aromatic N) is 3. The fourth-order valence-corrected chi connectivity index (χ4v) is 4.25. The molecule has 1 atom stereocenters. The summed E-state index contributed by atoms with van der Waals surface area (Å²) in [6.07, 6.45) is 5.22. The van der Waals surface area contributed by atoms with Gasteiger partial charge in [0, 0.05) is 38.9 Å². The molecule has 2 aromatic rings. The number of carbonyl (C=O) groups is 1. The number of hydrogen-bond acceptors (Lipinski definition) is 5. The van der Waals surface area contributed by atoms with Crippen LogP contribution in [-0.4, -0.2) is 61.7 Å². The third-order valence-corrected chi connectivity index (χ3v) is 5.88. The number of halogens is 1. The summed E-state index contributed by atoms with van der Waals surface area (Å²) < 4.78 is 18.9. The van der Waals surface area contributed by atoms with E-state index in [-0.39, 0.29) is 17.8 Å². The Morgan fingerprint density at radius 3 is 2.53 bits per heavy atom. The minimum absolute atomic E-state index is 0.0337. The zero-order valence-electron chi connectivity index (χ0n) is 17.2. The second kappa shape index (κ2) is 10.00. The second-order valence-electron chi connectivity index (χ2n) is 7.85. The molecule has 1 N–H and O–H groups in total. The number of pyridine rings is 1. The Morgan fingerprint density at radius 2 is 1.80 bits per heavy atom. The van der Waals surface area contributed by atoms with Crippen LogP contribution in [0, 0.1) is 5.82 Å². The first-order valence-corrected chi connectivity index (χ1v) is 10.8. The fraction of sp³-hybridized carbons (Fsp3) is 0.478. The highest BCUT2D eigenvalue weighted by Crippen LogP contribution is 2.24. The molecule has 7 heteroatoms. The third kappa shape index (κ3) is 4.96. The predicted octanol–water partition coefficient (Wildman–Crippen LogP) is 3.01. The number of anilines is 1. The van der Waals surface area contributed by atoms with Crippen molar-refractivity contribution in [3.8, 4) is 0 Å². The van der Waals surface area contributed by atoms with Crippen LogP contribution < -0.4 is 10.2 Å². The molecule has 0 aliphatic carbocycles. The van der Waals surface area contributed by atoms with Crippen LogP contribution in [0.4, 0.5) is 10.2 Å². The molecule has 2 fully saturated rings. The number of nitrogens with one attached hydrogen (secondary N) is 1. The first-order chi connectivity index (χ1) is 14.7. The van der Waals surface area contributed by atoms with Crippen molar-refractivity contribution in [3.63, 3.8) is 0 Å². The molecule has 2 aliphatic rings. The van der Waals surface area contributed by atoms with Crippen LogP contribution in [0.5, 0.6) is 0 Å². The van der Waals surface area contributed by atoms with E-state index < -0.39 is 0 Å².